The summed E-state index contributed by atoms with van der Waals surface area (Å²) < 4.78 is 45.7. The van der Waals surface area contributed by atoms with Crippen molar-refractivity contribution in [2.75, 3.05) is 31.6 Å². The zero-order valence-corrected chi connectivity index (χ0v) is 16.7. The Morgan fingerprint density at radius 1 is 1.23 bits per heavy atom. The molecule has 0 saturated carbocycles. The number of nitrogens with zero attached hydrogens (tertiary/aromatic N) is 3. The number of carbonyl (C=O) groups excluding carboxylic acids is 1. The van der Waals surface area contributed by atoms with E-state index in [2.05, 4.69) is 10.3 Å². The summed E-state index contributed by atoms with van der Waals surface area (Å²) in [6.07, 6.45) is -1.21. The van der Waals surface area contributed by atoms with Gasteiger partial charge in [-0.25, -0.2) is 4.98 Å². The van der Waals surface area contributed by atoms with Crippen molar-refractivity contribution in [2.45, 2.75) is 6.18 Å². The number of carbonyl (C=O) groups is 1. The lowest BCUT2D eigenvalue weighted by molar-refractivity contribution is -0.137. The summed E-state index contributed by atoms with van der Waals surface area (Å²) in [4.78, 5) is 19.1. The maximum Gasteiger partial charge on any atom is 0.416 e. The van der Waals surface area contributed by atoms with Gasteiger partial charge in [0.25, 0.3) is 5.91 Å². The minimum atomic E-state index is -4.48. The van der Waals surface area contributed by atoms with Gasteiger partial charge in [0.2, 0.25) is 0 Å². The van der Waals surface area contributed by atoms with Gasteiger partial charge in [-0.1, -0.05) is 11.6 Å². The molecule has 1 N–H and O–H groups in total. The standard InChI is InChI=1S/C20H18ClF3N4O2/c1-27-5-4-13-17(27)14(19(29)28-6-8-30-9-7-28)11-25-18(13)26-16-3-2-12(10-15(16)21)20(22,23)24/h2-5,10-11H,6-9H2,1H3,(H,25,26). The molecule has 1 saturated heterocycles. The number of alkyl halides is 3. The van der Waals surface area contributed by atoms with Crippen molar-refractivity contribution >= 4 is 39.9 Å². The molecule has 1 fully saturated rings. The molecule has 3 aromatic rings. The Balaban J connectivity index is 1.69. The van der Waals surface area contributed by atoms with Gasteiger partial charge in [0.15, 0.2) is 0 Å². The van der Waals surface area contributed by atoms with Crippen molar-refractivity contribution in [2.24, 2.45) is 7.05 Å². The van der Waals surface area contributed by atoms with E-state index in [1.165, 1.54) is 12.3 Å². The first-order valence-corrected chi connectivity index (χ1v) is 9.58. The van der Waals surface area contributed by atoms with E-state index in [0.717, 1.165) is 12.1 Å². The molecular weight excluding hydrogens is 421 g/mol. The SMILES string of the molecule is Cn1ccc2c(Nc3ccc(C(F)(F)F)cc3Cl)ncc(C(=O)N3CCOCC3)c21. The van der Waals surface area contributed by atoms with Crippen molar-refractivity contribution in [1.82, 2.24) is 14.5 Å². The van der Waals surface area contributed by atoms with Crippen LogP contribution < -0.4 is 5.32 Å². The zero-order chi connectivity index (χ0) is 21.5. The number of anilines is 2. The lowest BCUT2D eigenvalue weighted by Crippen LogP contribution is -2.40. The number of benzene rings is 1. The first kappa shape index (κ1) is 20.5. The van der Waals surface area contributed by atoms with Crippen LogP contribution in [0.5, 0.6) is 0 Å². The number of aryl methyl sites for hydroxylation is 1. The van der Waals surface area contributed by atoms with E-state index < -0.39 is 11.7 Å². The Bertz CT molecular complexity index is 1110. The molecule has 1 aliphatic heterocycles. The second-order valence-corrected chi connectivity index (χ2v) is 7.34. The van der Waals surface area contributed by atoms with Gasteiger partial charge in [0, 0.05) is 37.9 Å². The van der Waals surface area contributed by atoms with Crippen molar-refractivity contribution in [3.63, 3.8) is 0 Å². The molecule has 30 heavy (non-hydrogen) atoms. The average Bonchev–Trinajstić information content (AvgIpc) is 3.11. The van der Waals surface area contributed by atoms with Crippen LogP contribution in [0.1, 0.15) is 15.9 Å². The van der Waals surface area contributed by atoms with Crippen molar-refractivity contribution in [1.29, 1.82) is 0 Å². The third-order valence-electron chi connectivity index (χ3n) is 4.98. The van der Waals surface area contributed by atoms with E-state index in [1.807, 2.05) is 11.6 Å². The van der Waals surface area contributed by atoms with E-state index in [-0.39, 0.29) is 16.6 Å². The number of fused-ring (bicyclic) bond motifs is 1. The lowest BCUT2D eigenvalue weighted by atomic mass is 10.1. The fourth-order valence-electron chi connectivity index (χ4n) is 3.43. The molecule has 158 valence electrons. The fraction of sp³-hybridized carbons (Fsp3) is 0.300. The van der Waals surface area contributed by atoms with Gasteiger partial charge < -0.3 is 19.5 Å². The van der Waals surface area contributed by atoms with Gasteiger partial charge in [-0.15, -0.1) is 0 Å². The van der Waals surface area contributed by atoms with E-state index in [1.54, 1.807) is 17.2 Å². The van der Waals surface area contributed by atoms with Crippen LogP contribution in [0.2, 0.25) is 5.02 Å². The molecule has 0 radical (unpaired) electrons. The Labute approximate surface area is 175 Å². The molecular formula is C20H18ClF3N4O2. The summed E-state index contributed by atoms with van der Waals surface area (Å²) in [5.74, 6) is 0.252. The van der Waals surface area contributed by atoms with Crippen LogP contribution in [0.4, 0.5) is 24.7 Å². The summed E-state index contributed by atoms with van der Waals surface area (Å²) in [5.41, 5.74) is 0.576. The number of pyridine rings is 1. The van der Waals surface area contributed by atoms with Crippen molar-refractivity contribution in [3.05, 3.63) is 52.8 Å². The molecule has 2 aromatic heterocycles. The number of morpholine rings is 1. The molecule has 1 aromatic carbocycles. The first-order valence-electron chi connectivity index (χ1n) is 9.20. The number of halogens is 4. The zero-order valence-electron chi connectivity index (χ0n) is 16.0. The monoisotopic (exact) mass is 438 g/mol. The van der Waals surface area contributed by atoms with Gasteiger partial charge in [0.05, 0.1) is 40.6 Å². The van der Waals surface area contributed by atoms with Crippen molar-refractivity contribution in [3.8, 4) is 0 Å². The summed E-state index contributed by atoms with van der Waals surface area (Å²) in [5, 5.41) is 3.56. The number of nitrogens with one attached hydrogen (secondary N) is 1. The summed E-state index contributed by atoms with van der Waals surface area (Å²) in [6, 6.07) is 4.86. The Kier molecular flexibility index (Phi) is 5.33. The Hall–Kier alpha value is -2.78. The molecule has 1 amide bonds. The van der Waals surface area contributed by atoms with Crippen LogP contribution in [0, 0.1) is 0 Å². The number of amides is 1. The summed E-state index contributed by atoms with van der Waals surface area (Å²) in [7, 11) is 1.81. The molecule has 0 unspecified atom stereocenters. The second kappa shape index (κ2) is 7.81. The van der Waals surface area contributed by atoms with Gasteiger partial charge in [-0.05, 0) is 24.3 Å². The van der Waals surface area contributed by atoms with Gasteiger partial charge in [-0.3, -0.25) is 4.79 Å². The van der Waals surface area contributed by atoms with E-state index in [4.69, 9.17) is 16.3 Å². The van der Waals surface area contributed by atoms with Crippen LogP contribution >= 0.6 is 11.6 Å². The number of ether oxygens (including phenoxy) is 1. The molecule has 10 heteroatoms. The predicted molar refractivity (Wildman–Crippen MR) is 107 cm³/mol. The van der Waals surface area contributed by atoms with Crippen molar-refractivity contribution < 1.29 is 22.7 Å². The molecule has 1 aliphatic rings. The third-order valence-corrected chi connectivity index (χ3v) is 5.30. The largest absolute Gasteiger partial charge is 0.416 e. The van der Waals surface area contributed by atoms with Crippen LogP contribution in [-0.2, 0) is 18.0 Å². The maximum absolute atomic E-state index is 13.0. The highest BCUT2D eigenvalue weighted by Gasteiger charge is 2.31. The highest BCUT2D eigenvalue weighted by Crippen LogP contribution is 2.36. The van der Waals surface area contributed by atoms with E-state index in [0.29, 0.717) is 48.6 Å². The average molecular weight is 439 g/mol. The minimum absolute atomic E-state index is 0.0795. The van der Waals surface area contributed by atoms with E-state index >= 15 is 0 Å². The highest BCUT2D eigenvalue weighted by atomic mass is 35.5. The van der Waals surface area contributed by atoms with Crippen LogP contribution in [0.15, 0.2) is 36.7 Å². The highest BCUT2D eigenvalue weighted by molar-refractivity contribution is 6.33. The lowest BCUT2D eigenvalue weighted by Gasteiger charge is -2.27. The molecule has 0 spiro atoms. The van der Waals surface area contributed by atoms with Gasteiger partial charge in [-0.2, -0.15) is 13.2 Å². The summed E-state index contributed by atoms with van der Waals surface area (Å²) in [6.45, 7) is 1.99. The Morgan fingerprint density at radius 3 is 2.63 bits per heavy atom. The topological polar surface area (TPSA) is 59.4 Å². The quantitative estimate of drug-likeness (QED) is 0.656. The molecule has 0 atom stereocenters. The molecule has 3 heterocycles. The second-order valence-electron chi connectivity index (χ2n) is 6.93. The predicted octanol–water partition coefficient (Wildman–Crippen LogP) is 4.46. The Morgan fingerprint density at radius 2 is 1.97 bits per heavy atom. The van der Waals surface area contributed by atoms with Gasteiger partial charge in [0.1, 0.15) is 5.82 Å². The maximum atomic E-state index is 13.0. The van der Waals surface area contributed by atoms with Gasteiger partial charge >= 0.3 is 6.18 Å². The summed E-state index contributed by atoms with van der Waals surface area (Å²) >= 11 is 6.06. The fourth-order valence-corrected chi connectivity index (χ4v) is 3.66. The third kappa shape index (κ3) is 3.82. The van der Waals surface area contributed by atoms with Crippen LogP contribution in [-0.4, -0.2) is 46.7 Å². The van der Waals surface area contributed by atoms with Crippen LogP contribution in [0.25, 0.3) is 10.9 Å². The molecule has 0 bridgehead atoms. The smallest absolute Gasteiger partial charge is 0.378 e. The number of rotatable bonds is 3. The molecule has 0 aliphatic carbocycles. The first-order chi connectivity index (χ1) is 14.3. The minimum Gasteiger partial charge on any atom is -0.378 e. The molecule has 4 rings (SSSR count). The number of hydrogen-bond donors (Lipinski definition) is 1. The van der Waals surface area contributed by atoms with Crippen LogP contribution in [0.3, 0.4) is 0 Å². The number of aromatic nitrogens is 2. The van der Waals surface area contributed by atoms with E-state index in [9.17, 15) is 18.0 Å². The number of hydrogen-bond acceptors (Lipinski definition) is 4. The molecule has 6 nitrogen and oxygen atoms in total. The normalized spacial score (nSPS) is 14.9.